The smallest absolute Gasteiger partial charge is 0.248 e. The quantitative estimate of drug-likeness (QED) is 0.776. The van der Waals surface area contributed by atoms with Crippen LogP contribution in [-0.2, 0) is 13.0 Å². The molecule has 0 saturated heterocycles. The van der Waals surface area contributed by atoms with Crippen LogP contribution in [0.3, 0.4) is 0 Å². The van der Waals surface area contributed by atoms with Crippen molar-refractivity contribution in [1.82, 2.24) is 10.3 Å². The summed E-state index contributed by atoms with van der Waals surface area (Å²) in [5.74, 6) is -0.390. The van der Waals surface area contributed by atoms with E-state index in [1.165, 1.54) is 0 Å². The van der Waals surface area contributed by atoms with E-state index in [9.17, 15) is 4.79 Å². The molecular weight excluding hydrogens is 246 g/mol. The van der Waals surface area contributed by atoms with E-state index in [0.29, 0.717) is 5.56 Å². The Morgan fingerprint density at radius 2 is 2.33 bits per heavy atom. The van der Waals surface area contributed by atoms with E-state index < -0.39 is 0 Å². The zero-order valence-corrected chi connectivity index (χ0v) is 10.7. The number of thiazole rings is 1. The van der Waals surface area contributed by atoms with E-state index in [-0.39, 0.29) is 5.91 Å². The van der Waals surface area contributed by atoms with Gasteiger partial charge in [0, 0.05) is 30.5 Å². The second-order valence-electron chi connectivity index (χ2n) is 3.97. The first-order valence-corrected chi connectivity index (χ1v) is 6.66. The minimum Gasteiger partial charge on any atom is -0.366 e. The average molecular weight is 261 g/mol. The molecule has 3 N–H and O–H groups in total. The molecule has 0 atom stereocenters. The number of carbonyl (C=O) groups excluding carboxylic acids is 1. The Kier molecular flexibility index (Phi) is 4.44. The third-order valence-electron chi connectivity index (χ3n) is 2.58. The van der Waals surface area contributed by atoms with Crippen molar-refractivity contribution in [1.29, 1.82) is 0 Å². The number of nitrogens with two attached hydrogens (primary N) is 1. The predicted molar refractivity (Wildman–Crippen MR) is 72.5 cm³/mol. The van der Waals surface area contributed by atoms with E-state index in [0.717, 1.165) is 30.8 Å². The lowest BCUT2D eigenvalue weighted by Crippen LogP contribution is -2.17. The van der Waals surface area contributed by atoms with Crippen LogP contribution in [-0.4, -0.2) is 17.4 Å². The molecule has 18 heavy (non-hydrogen) atoms. The van der Waals surface area contributed by atoms with Crippen molar-refractivity contribution in [2.24, 2.45) is 5.73 Å². The van der Waals surface area contributed by atoms with Gasteiger partial charge in [-0.1, -0.05) is 12.1 Å². The van der Waals surface area contributed by atoms with Crippen molar-refractivity contribution in [3.8, 4) is 0 Å². The van der Waals surface area contributed by atoms with Gasteiger partial charge in [0.15, 0.2) is 0 Å². The summed E-state index contributed by atoms with van der Waals surface area (Å²) >= 11 is 1.61. The molecule has 1 aromatic heterocycles. The molecule has 0 aliphatic rings. The molecule has 5 heteroatoms. The first-order chi connectivity index (χ1) is 8.75. The largest absolute Gasteiger partial charge is 0.366 e. The van der Waals surface area contributed by atoms with Crippen LogP contribution in [0.2, 0.25) is 0 Å². The number of rotatable bonds is 6. The SMILES string of the molecule is NC(=O)c1cccc(CNCCc2cscn2)c1. The van der Waals surface area contributed by atoms with Gasteiger partial charge in [-0.15, -0.1) is 11.3 Å². The van der Waals surface area contributed by atoms with Gasteiger partial charge in [-0.3, -0.25) is 4.79 Å². The fraction of sp³-hybridized carbons (Fsp3) is 0.231. The molecule has 0 bridgehead atoms. The van der Waals surface area contributed by atoms with E-state index in [4.69, 9.17) is 5.73 Å². The molecule has 0 fully saturated rings. The normalized spacial score (nSPS) is 10.4. The number of carbonyl (C=O) groups is 1. The number of amides is 1. The second-order valence-corrected chi connectivity index (χ2v) is 4.69. The third kappa shape index (κ3) is 3.65. The van der Waals surface area contributed by atoms with Gasteiger partial charge in [-0.25, -0.2) is 4.98 Å². The topological polar surface area (TPSA) is 68.0 Å². The van der Waals surface area contributed by atoms with Gasteiger partial charge in [-0.2, -0.15) is 0 Å². The fourth-order valence-corrected chi connectivity index (χ4v) is 2.24. The van der Waals surface area contributed by atoms with Crippen molar-refractivity contribution in [2.45, 2.75) is 13.0 Å². The summed E-state index contributed by atoms with van der Waals surface area (Å²) in [5.41, 5.74) is 9.79. The molecule has 0 aliphatic carbocycles. The zero-order valence-electron chi connectivity index (χ0n) is 9.93. The average Bonchev–Trinajstić information content (AvgIpc) is 2.88. The molecule has 0 radical (unpaired) electrons. The molecule has 2 rings (SSSR count). The maximum Gasteiger partial charge on any atom is 0.248 e. The standard InChI is InChI=1S/C13H15N3OS/c14-13(17)11-3-1-2-10(6-11)7-15-5-4-12-8-18-9-16-12/h1-3,6,8-9,15H,4-5,7H2,(H2,14,17). The highest BCUT2D eigenvalue weighted by Gasteiger charge is 2.01. The maximum absolute atomic E-state index is 11.0. The van der Waals surface area contributed by atoms with Gasteiger partial charge in [0.2, 0.25) is 5.91 Å². The zero-order chi connectivity index (χ0) is 12.8. The van der Waals surface area contributed by atoms with Crippen LogP contribution >= 0.6 is 11.3 Å². The summed E-state index contributed by atoms with van der Waals surface area (Å²) < 4.78 is 0. The molecule has 0 unspecified atom stereocenters. The molecule has 94 valence electrons. The Morgan fingerprint density at radius 3 is 3.06 bits per heavy atom. The van der Waals surface area contributed by atoms with E-state index in [1.807, 2.05) is 23.7 Å². The van der Waals surface area contributed by atoms with Crippen molar-refractivity contribution in [3.05, 3.63) is 52.0 Å². The monoisotopic (exact) mass is 261 g/mol. The summed E-state index contributed by atoms with van der Waals surface area (Å²) in [7, 11) is 0. The van der Waals surface area contributed by atoms with Gasteiger partial charge in [0.05, 0.1) is 11.2 Å². The highest BCUT2D eigenvalue weighted by Crippen LogP contribution is 2.05. The molecule has 0 spiro atoms. The molecule has 4 nitrogen and oxygen atoms in total. The summed E-state index contributed by atoms with van der Waals surface area (Å²) in [6.45, 7) is 1.59. The Hall–Kier alpha value is -1.72. The van der Waals surface area contributed by atoms with Crippen LogP contribution in [0.4, 0.5) is 0 Å². The van der Waals surface area contributed by atoms with Crippen molar-refractivity contribution in [2.75, 3.05) is 6.54 Å². The number of nitrogens with zero attached hydrogens (tertiary/aromatic N) is 1. The van der Waals surface area contributed by atoms with Crippen LogP contribution in [0, 0.1) is 0 Å². The van der Waals surface area contributed by atoms with E-state index in [1.54, 1.807) is 17.4 Å². The molecule has 0 saturated carbocycles. The number of hydrogen-bond donors (Lipinski definition) is 2. The van der Waals surface area contributed by atoms with Crippen LogP contribution in [0.5, 0.6) is 0 Å². The Labute approximate surface area is 110 Å². The van der Waals surface area contributed by atoms with Crippen LogP contribution < -0.4 is 11.1 Å². The number of primary amides is 1. The Balaban J connectivity index is 1.79. The van der Waals surface area contributed by atoms with Crippen molar-refractivity contribution in [3.63, 3.8) is 0 Å². The number of aromatic nitrogens is 1. The minimum absolute atomic E-state index is 0.390. The first-order valence-electron chi connectivity index (χ1n) is 5.72. The molecule has 1 aromatic carbocycles. The summed E-state index contributed by atoms with van der Waals surface area (Å²) in [5, 5.41) is 5.37. The molecule has 1 heterocycles. The predicted octanol–water partition coefficient (Wildman–Crippen LogP) is 1.57. The highest BCUT2D eigenvalue weighted by molar-refractivity contribution is 7.07. The number of nitrogens with one attached hydrogen (secondary N) is 1. The highest BCUT2D eigenvalue weighted by atomic mass is 32.1. The lowest BCUT2D eigenvalue weighted by molar-refractivity contribution is 0.1000. The Morgan fingerprint density at radius 1 is 1.44 bits per heavy atom. The van der Waals surface area contributed by atoms with E-state index >= 15 is 0 Å². The van der Waals surface area contributed by atoms with Gasteiger partial charge >= 0.3 is 0 Å². The van der Waals surface area contributed by atoms with Crippen LogP contribution in [0.25, 0.3) is 0 Å². The minimum atomic E-state index is -0.390. The second kappa shape index (κ2) is 6.28. The molecule has 0 aliphatic heterocycles. The molecule has 1 amide bonds. The lowest BCUT2D eigenvalue weighted by Gasteiger charge is -2.05. The fourth-order valence-electron chi connectivity index (χ4n) is 1.64. The number of hydrogen-bond acceptors (Lipinski definition) is 4. The van der Waals surface area contributed by atoms with Crippen LogP contribution in [0.15, 0.2) is 35.2 Å². The Bertz CT molecular complexity index is 511. The first kappa shape index (κ1) is 12.7. The van der Waals surface area contributed by atoms with E-state index in [2.05, 4.69) is 15.7 Å². The van der Waals surface area contributed by atoms with Crippen LogP contribution in [0.1, 0.15) is 21.6 Å². The van der Waals surface area contributed by atoms with Gasteiger partial charge in [0.1, 0.15) is 0 Å². The maximum atomic E-state index is 11.0. The van der Waals surface area contributed by atoms with Gasteiger partial charge < -0.3 is 11.1 Å². The van der Waals surface area contributed by atoms with Crippen molar-refractivity contribution >= 4 is 17.2 Å². The lowest BCUT2D eigenvalue weighted by atomic mass is 10.1. The molecule has 2 aromatic rings. The summed E-state index contributed by atoms with van der Waals surface area (Å²) in [6.07, 6.45) is 0.916. The third-order valence-corrected chi connectivity index (χ3v) is 3.22. The van der Waals surface area contributed by atoms with Gasteiger partial charge in [0.25, 0.3) is 0 Å². The summed E-state index contributed by atoms with van der Waals surface area (Å²) in [4.78, 5) is 15.2. The van der Waals surface area contributed by atoms with Gasteiger partial charge in [-0.05, 0) is 17.7 Å². The molecular formula is C13H15N3OS. The van der Waals surface area contributed by atoms with Crippen molar-refractivity contribution < 1.29 is 4.79 Å². The summed E-state index contributed by atoms with van der Waals surface area (Å²) in [6, 6.07) is 7.36. The number of benzene rings is 1.